The zero-order chi connectivity index (χ0) is 17.5. The van der Waals surface area contributed by atoms with Gasteiger partial charge in [0.2, 0.25) is 0 Å². The largest absolute Gasteiger partial charge is 0.492 e. The van der Waals surface area contributed by atoms with Gasteiger partial charge in [-0.2, -0.15) is 0 Å². The molecule has 1 aliphatic carbocycles. The summed E-state index contributed by atoms with van der Waals surface area (Å²) in [6.45, 7) is 2.96. The van der Waals surface area contributed by atoms with Gasteiger partial charge in [0.25, 0.3) is 0 Å². The van der Waals surface area contributed by atoms with E-state index >= 15 is 0 Å². The maximum Gasteiger partial charge on any atom is 0.133 e. The van der Waals surface area contributed by atoms with E-state index in [0.717, 1.165) is 31.4 Å². The molecule has 0 atom stereocenters. The number of ether oxygens (including phenoxy) is 1. The molecule has 0 saturated heterocycles. The predicted molar refractivity (Wildman–Crippen MR) is 106 cm³/mol. The second-order valence-electron chi connectivity index (χ2n) is 6.34. The van der Waals surface area contributed by atoms with E-state index in [4.69, 9.17) is 9.84 Å². The average Bonchev–Trinajstić information content (AvgIpc) is 3.06. The van der Waals surface area contributed by atoms with Crippen molar-refractivity contribution in [3.63, 3.8) is 0 Å². The number of benzene rings is 1. The van der Waals surface area contributed by atoms with E-state index in [-0.39, 0.29) is 6.61 Å². The van der Waals surface area contributed by atoms with E-state index in [1.807, 2.05) is 0 Å². The van der Waals surface area contributed by atoms with Gasteiger partial charge >= 0.3 is 0 Å². The Kier molecular flexibility index (Phi) is 6.48. The lowest BCUT2D eigenvalue weighted by Crippen LogP contribution is -2.03. The summed E-state index contributed by atoms with van der Waals surface area (Å²) in [7, 11) is 0. The summed E-state index contributed by atoms with van der Waals surface area (Å²) in [5.74, 6) is 0.994. The molecule has 0 aromatic heterocycles. The van der Waals surface area contributed by atoms with Crippen LogP contribution in [-0.4, -0.2) is 18.3 Å². The fourth-order valence-corrected chi connectivity index (χ4v) is 4.27. The first-order valence-electron chi connectivity index (χ1n) is 9.13. The van der Waals surface area contributed by atoms with E-state index in [1.54, 1.807) is 11.3 Å². The Bertz CT molecular complexity index is 748. The summed E-state index contributed by atoms with van der Waals surface area (Å²) < 4.78 is 5.93. The third-order valence-electron chi connectivity index (χ3n) is 4.48. The van der Waals surface area contributed by atoms with Gasteiger partial charge < -0.3 is 9.84 Å². The predicted octanol–water partition coefficient (Wildman–Crippen LogP) is 5.35. The van der Waals surface area contributed by atoms with Gasteiger partial charge in [-0.25, -0.2) is 0 Å². The van der Waals surface area contributed by atoms with Crippen molar-refractivity contribution in [2.24, 2.45) is 0 Å². The highest BCUT2D eigenvalue weighted by Gasteiger charge is 2.18. The first-order valence-corrected chi connectivity index (χ1v) is 10.0. The third kappa shape index (κ3) is 4.42. The summed E-state index contributed by atoms with van der Waals surface area (Å²) in [5, 5.41) is 11.1. The molecule has 2 aliphatic rings. The Morgan fingerprint density at radius 3 is 2.60 bits per heavy atom. The van der Waals surface area contributed by atoms with Gasteiger partial charge in [0, 0.05) is 28.8 Å². The quantitative estimate of drug-likeness (QED) is 0.525. The molecule has 0 amide bonds. The highest BCUT2D eigenvalue weighted by Crippen LogP contribution is 2.41. The molecule has 0 bridgehead atoms. The normalized spacial score (nSPS) is 11.1. The lowest BCUT2D eigenvalue weighted by atomic mass is 10.0. The zero-order valence-electron chi connectivity index (χ0n) is 14.8. The van der Waals surface area contributed by atoms with E-state index in [2.05, 4.69) is 54.8 Å². The topological polar surface area (TPSA) is 29.5 Å². The van der Waals surface area contributed by atoms with Gasteiger partial charge in [-0.1, -0.05) is 55.8 Å². The van der Waals surface area contributed by atoms with Crippen LogP contribution in [0.5, 0.6) is 5.75 Å². The maximum atomic E-state index is 8.97. The Balaban J connectivity index is 1.80. The van der Waals surface area contributed by atoms with E-state index < -0.39 is 0 Å². The molecule has 2 nitrogen and oxygen atoms in total. The molecule has 3 rings (SSSR count). The Morgan fingerprint density at radius 1 is 1.00 bits per heavy atom. The third-order valence-corrected chi connectivity index (χ3v) is 5.53. The van der Waals surface area contributed by atoms with Crippen LogP contribution in [0.3, 0.4) is 0 Å². The van der Waals surface area contributed by atoms with Gasteiger partial charge in [-0.3, -0.25) is 0 Å². The van der Waals surface area contributed by atoms with Crippen molar-refractivity contribution in [2.45, 2.75) is 39.0 Å². The maximum absolute atomic E-state index is 8.97. The lowest BCUT2D eigenvalue weighted by Gasteiger charge is -2.15. The molecule has 0 spiro atoms. The minimum absolute atomic E-state index is 0.175. The summed E-state index contributed by atoms with van der Waals surface area (Å²) in [6, 6.07) is 15.2. The van der Waals surface area contributed by atoms with Crippen LogP contribution in [-0.2, 0) is 19.3 Å². The van der Waals surface area contributed by atoms with Gasteiger partial charge in [-0.15, -0.1) is 11.3 Å². The summed E-state index contributed by atoms with van der Waals surface area (Å²) >= 11 is 1.78. The Hall–Kier alpha value is -1.84. The SMILES string of the molecule is CCCc1c(OCCCO)csc2c(CCc3ccccc3)ccc1-2. The van der Waals surface area contributed by atoms with Crippen molar-refractivity contribution in [1.29, 1.82) is 0 Å². The Labute approximate surface area is 154 Å². The van der Waals surface area contributed by atoms with Gasteiger partial charge in [0.15, 0.2) is 0 Å². The molecule has 1 heterocycles. The van der Waals surface area contributed by atoms with Crippen LogP contribution in [0.15, 0.2) is 47.8 Å². The molecular formula is C22H26O2S. The molecule has 0 unspecified atom stereocenters. The molecule has 0 fully saturated rings. The Morgan fingerprint density at radius 2 is 1.84 bits per heavy atom. The number of hydrogen-bond acceptors (Lipinski definition) is 3. The second kappa shape index (κ2) is 9.02. The molecule has 1 aromatic carbocycles. The molecule has 25 heavy (non-hydrogen) atoms. The number of aliphatic hydroxyl groups excluding tert-OH is 1. The zero-order valence-corrected chi connectivity index (χ0v) is 15.6. The first kappa shape index (κ1) is 18.0. The highest BCUT2D eigenvalue weighted by atomic mass is 32.1. The lowest BCUT2D eigenvalue weighted by molar-refractivity contribution is 0.233. The van der Waals surface area contributed by atoms with Crippen molar-refractivity contribution < 1.29 is 9.84 Å². The number of aryl methyl sites for hydroxylation is 2. The molecule has 3 heteroatoms. The fourth-order valence-electron chi connectivity index (χ4n) is 3.20. The molecule has 1 aromatic rings. The monoisotopic (exact) mass is 354 g/mol. The van der Waals surface area contributed by atoms with Crippen LogP contribution in [0.25, 0.3) is 10.4 Å². The highest BCUT2D eigenvalue weighted by molar-refractivity contribution is 7.13. The van der Waals surface area contributed by atoms with Crippen molar-refractivity contribution in [3.05, 3.63) is 64.5 Å². The first-order chi connectivity index (χ1) is 12.3. The molecule has 1 N–H and O–H groups in total. The van der Waals surface area contributed by atoms with Crippen molar-refractivity contribution in [1.82, 2.24) is 0 Å². The van der Waals surface area contributed by atoms with Crippen LogP contribution in [0.1, 0.15) is 36.5 Å². The fraction of sp³-hybridized carbons (Fsp3) is 0.364. The molecular weight excluding hydrogens is 328 g/mol. The van der Waals surface area contributed by atoms with Crippen LogP contribution < -0.4 is 4.74 Å². The summed E-state index contributed by atoms with van der Waals surface area (Å²) in [6.07, 6.45) is 4.95. The van der Waals surface area contributed by atoms with Gasteiger partial charge in [0.1, 0.15) is 5.75 Å². The standard InChI is InChI=1S/C22H26O2S/c1-2-7-19-20-13-12-18(11-10-17-8-4-3-5-9-17)22(20)25-16-21(19)24-15-6-14-23/h3-5,8-9,12-13,16,23H,2,6-7,10-11,14-15H2,1H3. The summed E-state index contributed by atoms with van der Waals surface area (Å²) in [5.41, 5.74) is 5.49. The van der Waals surface area contributed by atoms with Crippen LogP contribution in [0.4, 0.5) is 0 Å². The van der Waals surface area contributed by atoms with Crippen molar-refractivity contribution in [3.8, 4) is 16.2 Å². The van der Waals surface area contributed by atoms with E-state index in [1.165, 1.54) is 27.1 Å². The van der Waals surface area contributed by atoms with E-state index in [9.17, 15) is 0 Å². The number of hydrogen-bond donors (Lipinski definition) is 1. The molecule has 0 saturated carbocycles. The smallest absolute Gasteiger partial charge is 0.133 e. The van der Waals surface area contributed by atoms with Crippen molar-refractivity contribution >= 4 is 11.3 Å². The van der Waals surface area contributed by atoms with Crippen LogP contribution in [0, 0.1) is 0 Å². The van der Waals surface area contributed by atoms with Gasteiger partial charge in [-0.05, 0) is 36.0 Å². The summed E-state index contributed by atoms with van der Waals surface area (Å²) in [4.78, 5) is 1.40. The molecule has 132 valence electrons. The number of rotatable bonds is 9. The van der Waals surface area contributed by atoms with Crippen LogP contribution in [0.2, 0.25) is 0 Å². The minimum Gasteiger partial charge on any atom is -0.492 e. The van der Waals surface area contributed by atoms with Crippen molar-refractivity contribution in [2.75, 3.05) is 13.2 Å². The van der Waals surface area contributed by atoms with Crippen LogP contribution >= 0.6 is 11.3 Å². The number of fused-ring (bicyclic) bond motifs is 1. The average molecular weight is 355 g/mol. The second-order valence-corrected chi connectivity index (χ2v) is 7.22. The molecule has 1 aliphatic heterocycles. The van der Waals surface area contributed by atoms with E-state index in [0.29, 0.717) is 13.0 Å². The molecule has 0 radical (unpaired) electrons. The number of aliphatic hydroxyl groups is 1. The van der Waals surface area contributed by atoms with Gasteiger partial charge in [0.05, 0.1) is 6.61 Å². The minimum atomic E-state index is 0.175.